The van der Waals surface area contributed by atoms with Crippen molar-refractivity contribution in [1.29, 1.82) is 0 Å². The SMILES string of the molecule is CC(=O)O[C@H]1C[C@H](n2cc(C)c(=O)[nH]c2=O)O[C@@H]1CO.CC(=O)[C@]1(n2cc(C)c(=O)[nH]c2=O)C[C@H](O)[C@@H](COP(O)(=S)S)O1. The third kappa shape index (κ3) is 8.29. The molecule has 5 N–H and O–H groups in total. The molecule has 17 nitrogen and oxygen atoms in total. The van der Waals surface area contributed by atoms with Gasteiger partial charge in [-0.2, -0.15) is 0 Å². The summed E-state index contributed by atoms with van der Waals surface area (Å²) in [5.41, 5.74) is -6.97. The van der Waals surface area contributed by atoms with Crippen molar-refractivity contribution >= 4 is 41.5 Å². The summed E-state index contributed by atoms with van der Waals surface area (Å²) in [6, 6.07) is 0. The van der Waals surface area contributed by atoms with Crippen molar-refractivity contribution < 1.29 is 43.4 Å². The van der Waals surface area contributed by atoms with E-state index in [0.717, 1.165) is 4.57 Å². The molecule has 0 aromatic carbocycles. The van der Waals surface area contributed by atoms with Crippen LogP contribution in [0.25, 0.3) is 0 Å². The van der Waals surface area contributed by atoms with Crippen LogP contribution in [0.5, 0.6) is 0 Å². The molecule has 2 aliphatic rings. The third-order valence-corrected chi connectivity index (χ3v) is 8.01. The van der Waals surface area contributed by atoms with Gasteiger partial charge in [0.15, 0.2) is 5.78 Å². The van der Waals surface area contributed by atoms with Gasteiger partial charge in [-0.15, -0.1) is 0 Å². The van der Waals surface area contributed by atoms with Crippen molar-refractivity contribution in [3.05, 3.63) is 65.2 Å². The smallest absolute Gasteiger partial charge is 0.331 e. The average molecular weight is 681 g/mol. The standard InChI is InChI=1S/C12H17N2O7PS2.C12H16N2O6/c1-6-4-14(11(18)13-10(6)17)12(7(2)15)3-8(16)9(21-12)5-20-22(19,23)24;1-6-4-14(12(18)13-11(6)17)10-3-8(19-7(2)16)9(5-15)20-10/h4,8-9,16H,3,5H2,1-2H3,(H,13,17,18)(H2,19,23,24);4,8-10,15H,3,5H2,1-2H3,(H,13,17,18)/t8-,9+,12-;8-,9+,10+/m00/s1. The maximum Gasteiger partial charge on any atom is 0.331 e. The number of aliphatic hydroxyl groups excluding tert-OH is 2. The lowest BCUT2D eigenvalue weighted by Gasteiger charge is -2.28. The second-order valence-corrected chi connectivity index (χ2v) is 15.3. The predicted molar refractivity (Wildman–Crippen MR) is 159 cm³/mol. The first kappa shape index (κ1) is 35.7. The number of hydrogen-bond donors (Lipinski definition) is 6. The summed E-state index contributed by atoms with van der Waals surface area (Å²) in [5, 5.41) is 19.4. The average Bonchev–Trinajstić information content (AvgIpc) is 3.47. The maximum absolute atomic E-state index is 12.2. The molecule has 2 aromatic heterocycles. The number of esters is 1. The number of H-pyrrole nitrogens is 2. The first-order valence-corrected chi connectivity index (χ1v) is 16.9. The fourth-order valence-corrected chi connectivity index (χ4v) is 5.39. The topological polar surface area (TPSA) is 241 Å². The largest absolute Gasteiger partial charge is 0.460 e. The summed E-state index contributed by atoms with van der Waals surface area (Å²) < 4.78 is 23.3. The Balaban J connectivity index is 0.000000244. The molecule has 2 aromatic rings. The molecular weight excluding hydrogens is 647 g/mol. The van der Waals surface area contributed by atoms with Crippen LogP contribution in [0.1, 0.15) is 44.0 Å². The van der Waals surface area contributed by atoms with Crippen LogP contribution in [0.2, 0.25) is 0 Å². The summed E-state index contributed by atoms with van der Waals surface area (Å²) in [6.45, 7) is 4.88. The first-order chi connectivity index (χ1) is 20.4. The Labute approximate surface area is 259 Å². The van der Waals surface area contributed by atoms with E-state index in [1.165, 1.54) is 37.7 Å². The molecule has 0 spiro atoms. The molecule has 0 radical (unpaired) electrons. The van der Waals surface area contributed by atoms with Crippen molar-refractivity contribution in [3.63, 3.8) is 0 Å². The van der Waals surface area contributed by atoms with Gasteiger partial charge in [-0.05, 0) is 32.6 Å². The molecule has 0 bridgehead atoms. The van der Waals surface area contributed by atoms with Gasteiger partial charge in [0.1, 0.15) is 24.5 Å². The van der Waals surface area contributed by atoms with Gasteiger partial charge in [-0.1, -0.05) is 12.2 Å². The Morgan fingerprint density at radius 2 is 1.70 bits per heavy atom. The molecule has 4 heterocycles. The Morgan fingerprint density at radius 1 is 1.11 bits per heavy atom. The monoisotopic (exact) mass is 680 g/mol. The first-order valence-electron chi connectivity index (χ1n) is 13.0. The number of ketones is 1. The zero-order valence-electron chi connectivity index (χ0n) is 24.0. The zero-order chi connectivity index (χ0) is 33.1. The minimum absolute atomic E-state index is 0.203. The van der Waals surface area contributed by atoms with Crippen LogP contribution >= 0.6 is 17.9 Å². The highest BCUT2D eigenvalue weighted by Crippen LogP contribution is 2.48. The fraction of sp³-hybridized carbons (Fsp3) is 0.583. The summed E-state index contributed by atoms with van der Waals surface area (Å²) in [4.78, 5) is 83.6. The van der Waals surface area contributed by atoms with Gasteiger partial charge in [0.2, 0.25) is 11.4 Å². The number of nitrogens with zero attached hydrogens (tertiary/aromatic N) is 2. The van der Waals surface area contributed by atoms with Crippen LogP contribution in [-0.4, -0.2) is 83.6 Å². The molecule has 7 atom stereocenters. The van der Waals surface area contributed by atoms with Gasteiger partial charge in [0.25, 0.3) is 11.1 Å². The van der Waals surface area contributed by atoms with E-state index in [1.807, 2.05) is 0 Å². The highest BCUT2D eigenvalue weighted by molar-refractivity contribution is 8.59. The van der Waals surface area contributed by atoms with E-state index in [9.17, 15) is 43.9 Å². The molecule has 244 valence electrons. The summed E-state index contributed by atoms with van der Waals surface area (Å²) in [6.07, 6.45) is -1.57. The van der Waals surface area contributed by atoms with Crippen LogP contribution in [0.4, 0.5) is 0 Å². The third-order valence-electron chi connectivity index (χ3n) is 6.86. The van der Waals surface area contributed by atoms with E-state index in [-0.39, 0.29) is 31.6 Å². The van der Waals surface area contributed by atoms with Crippen LogP contribution in [0.15, 0.2) is 31.6 Å². The number of thiol groups is 1. The number of aromatic nitrogens is 4. The lowest BCUT2D eigenvalue weighted by molar-refractivity contribution is -0.159. The number of Topliss-reactive ketones (excluding diaryl/α,β-unsaturated/α-hetero) is 1. The van der Waals surface area contributed by atoms with Crippen LogP contribution in [0.3, 0.4) is 0 Å². The van der Waals surface area contributed by atoms with Crippen LogP contribution < -0.4 is 22.5 Å². The number of aryl methyl sites for hydroxylation is 2. The lowest BCUT2D eigenvalue weighted by atomic mass is 10.0. The Kier molecular flexibility index (Phi) is 11.5. The summed E-state index contributed by atoms with van der Waals surface area (Å²) in [7, 11) is 0. The minimum atomic E-state index is -3.27. The molecule has 4 rings (SSSR count). The van der Waals surface area contributed by atoms with Gasteiger partial charge >= 0.3 is 17.3 Å². The highest BCUT2D eigenvalue weighted by Gasteiger charge is 2.52. The Hall–Kier alpha value is -2.74. The van der Waals surface area contributed by atoms with Gasteiger partial charge < -0.3 is 33.8 Å². The number of ether oxygens (including phenoxy) is 3. The number of aliphatic hydroxyl groups is 2. The van der Waals surface area contributed by atoms with Gasteiger partial charge in [0.05, 0.1) is 19.3 Å². The molecular formula is C24H33N4O13PS2. The number of carbonyl (C=O) groups excluding carboxylic acids is 2. The molecule has 0 amide bonds. The number of nitrogens with one attached hydrogen (secondary N) is 2. The van der Waals surface area contributed by atoms with Crippen molar-refractivity contribution in [3.8, 4) is 0 Å². The van der Waals surface area contributed by atoms with E-state index < -0.39 is 76.3 Å². The normalized spacial score (nSPS) is 27.7. The van der Waals surface area contributed by atoms with Gasteiger partial charge in [-0.3, -0.25) is 38.3 Å². The number of hydrogen-bond acceptors (Lipinski definition) is 13. The van der Waals surface area contributed by atoms with Crippen molar-refractivity contribution in [2.24, 2.45) is 0 Å². The minimum Gasteiger partial charge on any atom is -0.460 e. The van der Waals surface area contributed by atoms with E-state index in [4.69, 9.17) is 18.7 Å². The molecule has 2 saturated heterocycles. The van der Waals surface area contributed by atoms with Gasteiger partial charge in [0, 0.05) is 43.3 Å². The van der Waals surface area contributed by atoms with Gasteiger partial charge in [-0.25, -0.2) is 9.59 Å². The zero-order valence-corrected chi connectivity index (χ0v) is 26.6. The fourth-order valence-electron chi connectivity index (χ4n) is 4.67. The lowest BCUT2D eigenvalue weighted by Crippen LogP contribution is -2.49. The van der Waals surface area contributed by atoms with Crippen molar-refractivity contribution in [1.82, 2.24) is 19.1 Å². The second-order valence-electron chi connectivity index (χ2n) is 10.2. The molecule has 2 fully saturated rings. The predicted octanol–water partition coefficient (Wildman–Crippen LogP) is -1.54. The molecule has 1 unspecified atom stereocenters. The quantitative estimate of drug-likeness (QED) is 0.105. The maximum atomic E-state index is 12.2. The van der Waals surface area contributed by atoms with E-state index in [1.54, 1.807) is 6.92 Å². The number of aromatic amines is 2. The summed E-state index contributed by atoms with van der Waals surface area (Å²) in [5.74, 6) is -1.02. The molecule has 44 heavy (non-hydrogen) atoms. The van der Waals surface area contributed by atoms with Crippen molar-refractivity contribution in [2.75, 3.05) is 13.2 Å². The Bertz CT molecular complexity index is 1680. The summed E-state index contributed by atoms with van der Waals surface area (Å²) >= 11 is 8.33. The van der Waals surface area contributed by atoms with Crippen molar-refractivity contribution in [2.45, 2.75) is 76.9 Å². The molecule has 0 saturated carbocycles. The number of carbonyl (C=O) groups is 2. The van der Waals surface area contributed by atoms with Crippen LogP contribution in [0, 0.1) is 13.8 Å². The molecule has 0 aliphatic carbocycles. The number of rotatable bonds is 8. The van der Waals surface area contributed by atoms with Crippen LogP contribution in [-0.2, 0) is 45.9 Å². The molecule has 20 heteroatoms. The second kappa shape index (κ2) is 14.1. The highest BCUT2D eigenvalue weighted by atomic mass is 32.9. The van der Waals surface area contributed by atoms with E-state index in [2.05, 4.69) is 34.0 Å². The van der Waals surface area contributed by atoms with E-state index >= 15 is 0 Å². The van der Waals surface area contributed by atoms with E-state index in [0.29, 0.717) is 5.56 Å². The molecule has 2 aliphatic heterocycles. The Morgan fingerprint density at radius 3 is 2.25 bits per heavy atom.